The molecule has 1 fully saturated rings. The van der Waals surface area contributed by atoms with E-state index in [1.165, 1.54) is 17.8 Å². The molecule has 3 nitrogen and oxygen atoms in total. The van der Waals surface area contributed by atoms with E-state index in [4.69, 9.17) is 17.3 Å². The van der Waals surface area contributed by atoms with Gasteiger partial charge in [0.25, 0.3) is 0 Å². The van der Waals surface area contributed by atoms with Crippen molar-refractivity contribution in [1.29, 1.82) is 0 Å². The predicted octanol–water partition coefficient (Wildman–Crippen LogP) is 3.38. The van der Waals surface area contributed by atoms with Crippen molar-refractivity contribution in [3.63, 3.8) is 0 Å². The van der Waals surface area contributed by atoms with Crippen molar-refractivity contribution in [1.82, 2.24) is 4.98 Å². The molecule has 0 aliphatic heterocycles. The fourth-order valence-corrected chi connectivity index (χ4v) is 3.96. The summed E-state index contributed by atoms with van der Waals surface area (Å²) in [7, 11) is 0. The van der Waals surface area contributed by atoms with Crippen molar-refractivity contribution in [2.75, 3.05) is 6.54 Å². The van der Waals surface area contributed by atoms with E-state index in [0.29, 0.717) is 15.9 Å². The summed E-state index contributed by atoms with van der Waals surface area (Å²) in [6.45, 7) is 2.75. The van der Waals surface area contributed by atoms with Crippen LogP contribution in [0.25, 0.3) is 0 Å². The van der Waals surface area contributed by atoms with Gasteiger partial charge in [-0.25, -0.2) is 4.98 Å². The first kappa shape index (κ1) is 14.3. The van der Waals surface area contributed by atoms with Crippen molar-refractivity contribution in [3.8, 4) is 0 Å². The quantitative estimate of drug-likeness (QED) is 0.893. The van der Waals surface area contributed by atoms with E-state index in [2.05, 4.69) is 11.9 Å². The average molecular weight is 289 g/mol. The van der Waals surface area contributed by atoms with Gasteiger partial charge in [-0.05, 0) is 31.6 Å². The fourth-order valence-electron chi connectivity index (χ4n) is 2.91. The average Bonchev–Trinajstić information content (AvgIpc) is 2.84. The van der Waals surface area contributed by atoms with Crippen LogP contribution in [0.4, 0.5) is 0 Å². The second-order valence-corrected chi connectivity index (χ2v) is 7.02. The number of halogens is 1. The molecule has 1 unspecified atom stereocenters. The monoisotopic (exact) mass is 288 g/mol. The van der Waals surface area contributed by atoms with Gasteiger partial charge in [0.15, 0.2) is 0 Å². The number of nitrogens with zero attached hydrogens (tertiary/aromatic N) is 1. The summed E-state index contributed by atoms with van der Waals surface area (Å²) in [4.78, 5) is 4.20. The minimum Gasteiger partial charge on any atom is -0.385 e. The van der Waals surface area contributed by atoms with E-state index >= 15 is 0 Å². The predicted molar refractivity (Wildman–Crippen MR) is 75.8 cm³/mol. The van der Waals surface area contributed by atoms with Crippen molar-refractivity contribution in [2.24, 2.45) is 17.1 Å². The van der Waals surface area contributed by atoms with Crippen molar-refractivity contribution in [2.45, 2.75) is 45.1 Å². The molecule has 1 heterocycles. The van der Waals surface area contributed by atoms with Crippen LogP contribution in [-0.4, -0.2) is 16.6 Å². The van der Waals surface area contributed by atoms with Crippen molar-refractivity contribution < 1.29 is 5.11 Å². The first-order valence-electron chi connectivity index (χ1n) is 6.60. The molecule has 1 atom stereocenters. The van der Waals surface area contributed by atoms with E-state index in [-0.39, 0.29) is 5.41 Å². The molecule has 102 valence electrons. The summed E-state index contributed by atoms with van der Waals surface area (Å²) in [6, 6.07) is 0. The molecule has 18 heavy (non-hydrogen) atoms. The summed E-state index contributed by atoms with van der Waals surface area (Å²) in [5.74, 6) is 0.789. The van der Waals surface area contributed by atoms with Gasteiger partial charge in [0.05, 0.1) is 6.20 Å². The number of aliphatic hydroxyl groups excluding tert-OH is 1. The van der Waals surface area contributed by atoms with Gasteiger partial charge in [0.1, 0.15) is 15.4 Å². The SMILES string of the molecule is CCC1CCC(CN)(C(O)c2ncc(Cl)s2)CC1. The molecule has 1 aromatic heterocycles. The molecule has 0 bridgehead atoms. The molecular formula is C13H21ClN2OS. The number of thiazole rings is 1. The zero-order chi connectivity index (χ0) is 13.2. The molecular weight excluding hydrogens is 268 g/mol. The zero-order valence-corrected chi connectivity index (χ0v) is 12.3. The second-order valence-electron chi connectivity index (χ2n) is 5.32. The maximum absolute atomic E-state index is 10.6. The second kappa shape index (κ2) is 5.87. The van der Waals surface area contributed by atoms with Crippen molar-refractivity contribution in [3.05, 3.63) is 15.5 Å². The molecule has 5 heteroatoms. The Hall–Kier alpha value is -0.160. The van der Waals surface area contributed by atoms with Crippen LogP contribution in [-0.2, 0) is 0 Å². The molecule has 0 amide bonds. The van der Waals surface area contributed by atoms with Gasteiger partial charge in [-0.1, -0.05) is 24.9 Å². The normalized spacial score (nSPS) is 30.3. The number of rotatable bonds is 4. The lowest BCUT2D eigenvalue weighted by molar-refractivity contribution is -0.0104. The van der Waals surface area contributed by atoms with Gasteiger partial charge >= 0.3 is 0 Å². The van der Waals surface area contributed by atoms with Crippen LogP contribution in [0.5, 0.6) is 0 Å². The Balaban J connectivity index is 2.13. The third-order valence-electron chi connectivity index (χ3n) is 4.39. The highest BCUT2D eigenvalue weighted by Crippen LogP contribution is 2.48. The standard InChI is InChI=1S/C13H21ClN2OS/c1-2-9-3-5-13(8-15,6-4-9)11(17)12-16-7-10(14)18-12/h7,9,11,17H,2-6,8,15H2,1H3. The molecule has 1 aliphatic carbocycles. The Morgan fingerprint density at radius 2 is 2.28 bits per heavy atom. The number of nitrogens with two attached hydrogens (primary N) is 1. The zero-order valence-electron chi connectivity index (χ0n) is 10.7. The summed E-state index contributed by atoms with van der Waals surface area (Å²) in [5.41, 5.74) is 5.75. The molecule has 2 rings (SSSR count). The first-order chi connectivity index (χ1) is 8.61. The molecule has 1 aliphatic rings. The van der Waals surface area contributed by atoms with E-state index < -0.39 is 6.10 Å². The third-order valence-corrected chi connectivity index (χ3v) is 5.56. The van der Waals surface area contributed by atoms with Crippen LogP contribution in [0.3, 0.4) is 0 Å². The lowest BCUT2D eigenvalue weighted by atomic mass is 9.67. The summed E-state index contributed by atoms with van der Waals surface area (Å²) < 4.78 is 0.624. The molecule has 1 aromatic rings. The lowest BCUT2D eigenvalue weighted by Gasteiger charge is -2.42. The lowest BCUT2D eigenvalue weighted by Crippen LogP contribution is -2.40. The van der Waals surface area contributed by atoms with Gasteiger partial charge in [-0.2, -0.15) is 0 Å². The van der Waals surface area contributed by atoms with Crippen LogP contribution in [0.2, 0.25) is 4.34 Å². The fraction of sp³-hybridized carbons (Fsp3) is 0.769. The van der Waals surface area contributed by atoms with E-state index in [1.54, 1.807) is 6.20 Å². The summed E-state index contributed by atoms with van der Waals surface area (Å²) in [6.07, 6.45) is 6.54. The van der Waals surface area contributed by atoms with Crippen LogP contribution in [0.15, 0.2) is 6.20 Å². The Bertz CT molecular complexity index is 388. The third kappa shape index (κ3) is 2.72. The molecule has 0 radical (unpaired) electrons. The molecule has 1 saturated carbocycles. The Kier molecular flexibility index (Phi) is 4.64. The smallest absolute Gasteiger partial charge is 0.123 e. The highest BCUT2D eigenvalue weighted by Gasteiger charge is 2.41. The minimum absolute atomic E-state index is 0.202. The Labute approximate surface area is 117 Å². The number of aromatic nitrogens is 1. The molecule has 0 saturated heterocycles. The maximum atomic E-state index is 10.6. The van der Waals surface area contributed by atoms with Crippen LogP contribution >= 0.6 is 22.9 Å². The Morgan fingerprint density at radius 1 is 1.61 bits per heavy atom. The van der Waals surface area contributed by atoms with Gasteiger partial charge in [-0.3, -0.25) is 0 Å². The van der Waals surface area contributed by atoms with Crippen LogP contribution in [0.1, 0.15) is 50.1 Å². The highest BCUT2D eigenvalue weighted by atomic mass is 35.5. The number of hydrogen-bond donors (Lipinski definition) is 2. The topological polar surface area (TPSA) is 59.1 Å². The summed E-state index contributed by atoms with van der Waals surface area (Å²) >= 11 is 7.25. The molecule has 0 aromatic carbocycles. The number of hydrogen-bond acceptors (Lipinski definition) is 4. The van der Waals surface area contributed by atoms with Gasteiger partial charge in [0.2, 0.25) is 0 Å². The molecule has 0 spiro atoms. The number of aliphatic hydroxyl groups is 1. The Morgan fingerprint density at radius 3 is 2.72 bits per heavy atom. The van der Waals surface area contributed by atoms with Crippen LogP contribution < -0.4 is 5.73 Å². The van der Waals surface area contributed by atoms with Crippen LogP contribution in [0, 0.1) is 11.3 Å². The highest BCUT2D eigenvalue weighted by molar-refractivity contribution is 7.15. The first-order valence-corrected chi connectivity index (χ1v) is 7.80. The van der Waals surface area contributed by atoms with Crippen molar-refractivity contribution >= 4 is 22.9 Å². The molecule has 3 N–H and O–H groups in total. The van der Waals surface area contributed by atoms with E-state index in [1.807, 2.05) is 0 Å². The largest absolute Gasteiger partial charge is 0.385 e. The summed E-state index contributed by atoms with van der Waals surface area (Å²) in [5, 5.41) is 11.3. The van der Waals surface area contributed by atoms with E-state index in [9.17, 15) is 5.11 Å². The van der Waals surface area contributed by atoms with Gasteiger partial charge in [0, 0.05) is 12.0 Å². The van der Waals surface area contributed by atoms with Gasteiger partial charge in [-0.15, -0.1) is 11.3 Å². The minimum atomic E-state index is -0.571. The van der Waals surface area contributed by atoms with E-state index in [0.717, 1.165) is 31.6 Å². The maximum Gasteiger partial charge on any atom is 0.123 e. The van der Waals surface area contributed by atoms with Gasteiger partial charge < -0.3 is 10.8 Å².